The summed E-state index contributed by atoms with van der Waals surface area (Å²) in [6.45, 7) is 7.14. The van der Waals surface area contributed by atoms with E-state index in [4.69, 9.17) is 27.9 Å². The molecule has 2 rings (SSSR count). The van der Waals surface area contributed by atoms with E-state index in [-0.39, 0.29) is 12.7 Å². The predicted molar refractivity (Wildman–Crippen MR) is 106 cm³/mol. The van der Waals surface area contributed by atoms with Crippen molar-refractivity contribution in [3.05, 3.63) is 50.9 Å². The van der Waals surface area contributed by atoms with Gasteiger partial charge in [0.1, 0.15) is 12.4 Å². The molecule has 0 aliphatic carbocycles. The zero-order valence-electron chi connectivity index (χ0n) is 15.4. The Balaban J connectivity index is 2.18. The number of rotatable bonds is 9. The molecule has 7 heteroatoms. The Labute approximate surface area is 164 Å². The first-order valence-corrected chi connectivity index (χ1v) is 9.43. The van der Waals surface area contributed by atoms with E-state index >= 15 is 0 Å². The van der Waals surface area contributed by atoms with Gasteiger partial charge in [-0.2, -0.15) is 0 Å². The van der Waals surface area contributed by atoms with E-state index in [1.54, 1.807) is 6.07 Å². The molecular formula is C19H25Cl2N3O2. The fourth-order valence-corrected chi connectivity index (χ4v) is 3.01. The lowest BCUT2D eigenvalue weighted by atomic mass is 10.0. The third-order valence-corrected chi connectivity index (χ3v) is 4.44. The summed E-state index contributed by atoms with van der Waals surface area (Å²) in [5, 5.41) is 14.0. The third kappa shape index (κ3) is 6.09. The monoisotopic (exact) mass is 397 g/mol. The van der Waals surface area contributed by atoms with Gasteiger partial charge in [0, 0.05) is 40.9 Å². The van der Waals surface area contributed by atoms with Crippen molar-refractivity contribution in [1.82, 2.24) is 9.97 Å². The average molecular weight is 398 g/mol. The molecule has 1 aromatic carbocycles. The predicted octanol–water partition coefficient (Wildman–Crippen LogP) is 4.40. The van der Waals surface area contributed by atoms with Gasteiger partial charge < -0.3 is 15.2 Å². The Morgan fingerprint density at radius 1 is 1.23 bits per heavy atom. The molecule has 5 nitrogen and oxygen atoms in total. The summed E-state index contributed by atoms with van der Waals surface area (Å²) in [5.41, 5.74) is 2.72. The molecule has 0 atom stereocenters. The molecule has 0 aliphatic rings. The number of aryl methyl sites for hydroxylation is 1. The first-order chi connectivity index (χ1) is 12.4. The van der Waals surface area contributed by atoms with Crippen molar-refractivity contribution in [2.75, 3.05) is 18.5 Å². The van der Waals surface area contributed by atoms with Crippen LogP contribution in [0, 0.1) is 6.92 Å². The van der Waals surface area contributed by atoms with Crippen molar-refractivity contribution in [3.8, 4) is 0 Å². The van der Waals surface area contributed by atoms with E-state index in [0.717, 1.165) is 35.6 Å². The minimum Gasteiger partial charge on any atom is -0.388 e. The first kappa shape index (κ1) is 20.9. The van der Waals surface area contributed by atoms with E-state index in [9.17, 15) is 5.11 Å². The van der Waals surface area contributed by atoms with Crippen LogP contribution >= 0.6 is 23.2 Å². The van der Waals surface area contributed by atoms with Crippen molar-refractivity contribution in [1.29, 1.82) is 0 Å². The van der Waals surface area contributed by atoms with Gasteiger partial charge in [-0.25, -0.2) is 9.97 Å². The second-order valence-electron chi connectivity index (χ2n) is 6.32. The summed E-state index contributed by atoms with van der Waals surface area (Å²) in [6.07, 6.45) is 1.66. The number of aliphatic hydroxyl groups excluding tert-OH is 1. The van der Waals surface area contributed by atoms with Gasteiger partial charge in [0.2, 0.25) is 0 Å². The van der Waals surface area contributed by atoms with Crippen LogP contribution in [0.5, 0.6) is 0 Å². The number of halogens is 2. The van der Waals surface area contributed by atoms with E-state index in [1.807, 2.05) is 32.9 Å². The number of ether oxygens (including phenoxy) is 1. The van der Waals surface area contributed by atoms with Gasteiger partial charge >= 0.3 is 0 Å². The van der Waals surface area contributed by atoms with Crippen LogP contribution in [-0.4, -0.2) is 34.3 Å². The molecule has 0 unspecified atom stereocenters. The molecule has 0 fully saturated rings. The molecule has 2 aromatic rings. The maximum absolute atomic E-state index is 9.40. The summed E-state index contributed by atoms with van der Waals surface area (Å²) < 4.78 is 5.56. The maximum Gasteiger partial charge on any atom is 0.156 e. The van der Waals surface area contributed by atoms with Crippen LogP contribution in [-0.2, 0) is 17.8 Å². The highest BCUT2D eigenvalue weighted by Crippen LogP contribution is 2.27. The summed E-state index contributed by atoms with van der Waals surface area (Å²) in [7, 11) is 0. The summed E-state index contributed by atoms with van der Waals surface area (Å²) in [6, 6.07) is 5.45. The number of hydrogen-bond donors (Lipinski definition) is 2. The Morgan fingerprint density at radius 2 is 2.00 bits per heavy atom. The van der Waals surface area contributed by atoms with Crippen LogP contribution in [0.3, 0.4) is 0 Å². The van der Waals surface area contributed by atoms with Gasteiger partial charge in [0.15, 0.2) is 5.82 Å². The maximum atomic E-state index is 9.40. The summed E-state index contributed by atoms with van der Waals surface area (Å²) in [4.78, 5) is 8.81. The highest BCUT2D eigenvalue weighted by Gasteiger charge is 2.14. The number of nitrogens with zero attached hydrogens (tertiary/aromatic N) is 2. The first-order valence-electron chi connectivity index (χ1n) is 8.67. The van der Waals surface area contributed by atoms with Crippen molar-refractivity contribution >= 4 is 29.0 Å². The normalized spacial score (nSPS) is 11.2. The molecule has 26 heavy (non-hydrogen) atoms. The molecule has 1 aromatic heterocycles. The third-order valence-electron chi connectivity index (χ3n) is 3.85. The Kier molecular flexibility index (Phi) is 8.10. The van der Waals surface area contributed by atoms with E-state index in [0.29, 0.717) is 28.9 Å². The van der Waals surface area contributed by atoms with Crippen LogP contribution in [0.2, 0.25) is 10.0 Å². The number of nitrogens with one attached hydrogen (secondary N) is 1. The molecule has 0 bridgehead atoms. The van der Waals surface area contributed by atoms with Crippen molar-refractivity contribution in [2.45, 2.75) is 46.3 Å². The summed E-state index contributed by atoms with van der Waals surface area (Å²) in [5.74, 6) is 1.12. The van der Waals surface area contributed by atoms with Gasteiger partial charge in [-0.05, 0) is 44.9 Å². The summed E-state index contributed by atoms with van der Waals surface area (Å²) >= 11 is 12.3. The lowest BCUT2D eigenvalue weighted by Gasteiger charge is -2.15. The molecule has 0 spiro atoms. The second kappa shape index (κ2) is 10.1. The standard InChI is InChI=1S/C19H25Cl2N3O2/c1-12(2)26-8-4-7-22-19-16(13(3)23-18(11-25)24-19)9-14-5-6-15(20)10-17(14)21/h5-6,10,12,25H,4,7-9,11H2,1-3H3,(H,22,23,24). The van der Waals surface area contributed by atoms with Crippen molar-refractivity contribution in [2.24, 2.45) is 0 Å². The minimum atomic E-state index is -0.200. The van der Waals surface area contributed by atoms with Crippen LogP contribution in [0.1, 0.15) is 42.9 Å². The fourth-order valence-electron chi connectivity index (χ4n) is 2.54. The zero-order valence-corrected chi connectivity index (χ0v) is 16.9. The molecule has 1 heterocycles. The van der Waals surface area contributed by atoms with Gasteiger partial charge in [0.25, 0.3) is 0 Å². The van der Waals surface area contributed by atoms with Gasteiger partial charge in [-0.15, -0.1) is 0 Å². The second-order valence-corrected chi connectivity index (χ2v) is 7.17. The van der Waals surface area contributed by atoms with Crippen LogP contribution < -0.4 is 5.32 Å². The smallest absolute Gasteiger partial charge is 0.156 e. The molecule has 0 aliphatic heterocycles. The Bertz CT molecular complexity index is 739. The lowest BCUT2D eigenvalue weighted by molar-refractivity contribution is 0.0787. The van der Waals surface area contributed by atoms with E-state index < -0.39 is 0 Å². The lowest BCUT2D eigenvalue weighted by Crippen LogP contribution is -2.14. The van der Waals surface area contributed by atoms with Gasteiger partial charge in [0.05, 0.1) is 6.10 Å². The number of benzene rings is 1. The zero-order chi connectivity index (χ0) is 19.1. The quantitative estimate of drug-likeness (QED) is 0.613. The number of aliphatic hydroxyl groups is 1. The number of aromatic nitrogens is 2. The topological polar surface area (TPSA) is 67.3 Å². The van der Waals surface area contributed by atoms with Crippen molar-refractivity contribution in [3.63, 3.8) is 0 Å². The highest BCUT2D eigenvalue weighted by molar-refractivity contribution is 6.35. The van der Waals surface area contributed by atoms with Crippen LogP contribution in [0.4, 0.5) is 5.82 Å². The van der Waals surface area contributed by atoms with Gasteiger partial charge in [-0.3, -0.25) is 0 Å². The number of hydrogen-bond acceptors (Lipinski definition) is 5. The SMILES string of the molecule is Cc1nc(CO)nc(NCCCOC(C)C)c1Cc1ccc(Cl)cc1Cl. The highest BCUT2D eigenvalue weighted by atomic mass is 35.5. The fraction of sp³-hybridized carbons (Fsp3) is 0.474. The van der Waals surface area contributed by atoms with E-state index in [2.05, 4.69) is 15.3 Å². The minimum absolute atomic E-state index is 0.200. The number of anilines is 1. The largest absolute Gasteiger partial charge is 0.388 e. The average Bonchev–Trinajstić information content (AvgIpc) is 2.58. The molecule has 0 radical (unpaired) electrons. The molecule has 142 valence electrons. The Hall–Kier alpha value is -1.40. The molecule has 2 N–H and O–H groups in total. The van der Waals surface area contributed by atoms with Crippen molar-refractivity contribution < 1.29 is 9.84 Å². The van der Waals surface area contributed by atoms with Crippen LogP contribution in [0.25, 0.3) is 0 Å². The van der Waals surface area contributed by atoms with Gasteiger partial charge in [-0.1, -0.05) is 29.3 Å². The molecule has 0 amide bonds. The van der Waals surface area contributed by atoms with E-state index in [1.165, 1.54) is 0 Å². The molecular weight excluding hydrogens is 373 g/mol. The van der Waals surface area contributed by atoms with Crippen LogP contribution in [0.15, 0.2) is 18.2 Å². The molecule has 0 saturated heterocycles. The Morgan fingerprint density at radius 3 is 2.65 bits per heavy atom. The molecule has 0 saturated carbocycles.